The van der Waals surface area contributed by atoms with Gasteiger partial charge < -0.3 is 10.4 Å². The fourth-order valence-electron chi connectivity index (χ4n) is 6.24. The van der Waals surface area contributed by atoms with Crippen LogP contribution in [0.1, 0.15) is 39.7 Å². The number of aromatic nitrogens is 3. The lowest BCUT2D eigenvalue weighted by Gasteiger charge is -2.83. The number of hydrogen-bond donors (Lipinski definition) is 2. The number of fused-ring (bicyclic) bond motifs is 1. The topological polar surface area (TPSA) is 79.5 Å². The number of pyridine rings is 1. The molecule has 2 N–H and O–H groups in total. The van der Waals surface area contributed by atoms with Crippen molar-refractivity contribution in [3.8, 4) is 11.1 Å². The molecule has 30 heavy (non-hydrogen) atoms. The smallest absolute Gasteiger partial charge is 0.224 e. The molecule has 2 atom stereocenters. The van der Waals surface area contributed by atoms with Crippen LogP contribution in [0.4, 0.5) is 0 Å². The highest BCUT2D eigenvalue weighted by atomic mass is 16.3. The van der Waals surface area contributed by atoms with Crippen LogP contribution in [0.25, 0.3) is 16.8 Å². The molecule has 2 aromatic heterocycles. The number of hydrogen-bond acceptors (Lipinski definition) is 4. The molecule has 2 heterocycles. The van der Waals surface area contributed by atoms with Crippen LogP contribution in [0.5, 0.6) is 0 Å². The van der Waals surface area contributed by atoms with Crippen LogP contribution in [-0.4, -0.2) is 36.8 Å². The fourth-order valence-corrected chi connectivity index (χ4v) is 6.24. The molecule has 3 saturated carbocycles. The van der Waals surface area contributed by atoms with Crippen molar-refractivity contribution in [2.75, 3.05) is 0 Å². The van der Waals surface area contributed by atoms with E-state index in [0.29, 0.717) is 18.3 Å². The minimum Gasteiger partial charge on any atom is -0.390 e. The van der Waals surface area contributed by atoms with Gasteiger partial charge in [0.25, 0.3) is 0 Å². The van der Waals surface area contributed by atoms with Gasteiger partial charge >= 0.3 is 0 Å². The summed E-state index contributed by atoms with van der Waals surface area (Å²) in [5.74, 6) is 0.632. The van der Waals surface area contributed by atoms with Crippen molar-refractivity contribution < 1.29 is 9.90 Å². The van der Waals surface area contributed by atoms with E-state index in [2.05, 4.69) is 29.2 Å². The number of carbonyl (C=O) groups excluding carboxylic acids is 1. The summed E-state index contributed by atoms with van der Waals surface area (Å²) >= 11 is 0. The van der Waals surface area contributed by atoms with Gasteiger partial charge in [-0.3, -0.25) is 4.79 Å². The van der Waals surface area contributed by atoms with Gasteiger partial charge in [0.2, 0.25) is 5.91 Å². The van der Waals surface area contributed by atoms with Crippen LogP contribution in [-0.2, 0) is 11.2 Å². The summed E-state index contributed by atoms with van der Waals surface area (Å²) in [5, 5.41) is 18.0. The Hall–Kier alpha value is -2.73. The van der Waals surface area contributed by atoms with E-state index in [1.165, 1.54) is 6.33 Å². The van der Waals surface area contributed by atoms with Gasteiger partial charge in [-0.05, 0) is 60.9 Å². The molecule has 0 spiro atoms. The van der Waals surface area contributed by atoms with Crippen molar-refractivity contribution >= 4 is 11.6 Å². The average Bonchev–Trinajstić information content (AvgIpc) is 3.18. The van der Waals surface area contributed by atoms with Crippen molar-refractivity contribution in [2.45, 2.75) is 51.7 Å². The zero-order valence-corrected chi connectivity index (χ0v) is 17.9. The summed E-state index contributed by atoms with van der Waals surface area (Å²) < 4.78 is 1.73. The summed E-state index contributed by atoms with van der Waals surface area (Å²) in [6.07, 6.45) is 4.66. The molecule has 3 fully saturated rings. The van der Waals surface area contributed by atoms with Crippen LogP contribution >= 0.6 is 0 Å². The molecular formula is C24H28N4O2. The lowest BCUT2D eigenvalue weighted by Crippen LogP contribution is -2.90. The average molecular weight is 405 g/mol. The molecule has 0 aliphatic heterocycles. The molecule has 0 saturated heterocycles. The number of benzene rings is 1. The highest BCUT2D eigenvalue weighted by Crippen LogP contribution is 2.78. The van der Waals surface area contributed by atoms with Gasteiger partial charge in [-0.1, -0.05) is 38.1 Å². The SMILES string of the molecule is C[C@@H]1C2(NC(=O)Cc3ccc(-c4ccn5ncnc5c4)cc3)CC1(C(C)(C)O)[C@@H]2C. The first-order valence-corrected chi connectivity index (χ1v) is 10.6. The molecule has 1 amide bonds. The first-order chi connectivity index (χ1) is 14.2. The van der Waals surface area contributed by atoms with Crippen LogP contribution < -0.4 is 5.32 Å². The second-order valence-electron chi connectivity index (χ2n) is 9.66. The second-order valence-corrected chi connectivity index (χ2v) is 9.66. The Morgan fingerprint density at radius 2 is 1.90 bits per heavy atom. The van der Waals surface area contributed by atoms with E-state index in [0.717, 1.165) is 28.8 Å². The normalized spacial score (nSPS) is 29.9. The van der Waals surface area contributed by atoms with E-state index in [-0.39, 0.29) is 16.9 Å². The molecule has 2 bridgehead atoms. The van der Waals surface area contributed by atoms with Gasteiger partial charge in [-0.2, -0.15) is 5.10 Å². The van der Waals surface area contributed by atoms with Gasteiger partial charge in [-0.25, -0.2) is 9.50 Å². The standard InChI is InChI=1S/C24H28N4O2/c1-15-23(22(3,4)30)13-24(15,16(23)2)27-21(29)11-17-5-7-18(8-6-17)19-9-10-28-20(12-19)25-14-26-28/h5-10,12,14-16,30H,11,13H2,1-4H3,(H,27,29)/t15-,16-,23?,24?/m0/s1. The number of aliphatic hydroxyl groups is 1. The number of amides is 1. The lowest BCUT2D eigenvalue weighted by atomic mass is 9.24. The Labute approximate surface area is 176 Å². The molecule has 3 aromatic rings. The van der Waals surface area contributed by atoms with E-state index >= 15 is 0 Å². The fraction of sp³-hybridized carbons (Fsp3) is 0.458. The number of nitrogens with zero attached hydrogens (tertiary/aromatic N) is 3. The third kappa shape index (κ3) is 2.43. The predicted octanol–water partition coefficient (Wildman–Crippen LogP) is 3.24. The molecule has 0 unspecified atom stereocenters. The number of carbonyl (C=O) groups is 1. The van der Waals surface area contributed by atoms with E-state index in [4.69, 9.17) is 0 Å². The minimum atomic E-state index is -0.719. The van der Waals surface area contributed by atoms with Crippen LogP contribution in [0, 0.1) is 17.3 Å². The zero-order chi connectivity index (χ0) is 21.3. The van der Waals surface area contributed by atoms with Crippen molar-refractivity contribution in [3.63, 3.8) is 0 Å². The Bertz CT molecular complexity index is 1120. The summed E-state index contributed by atoms with van der Waals surface area (Å²) in [7, 11) is 0. The van der Waals surface area contributed by atoms with Crippen molar-refractivity contribution in [1.82, 2.24) is 19.9 Å². The minimum absolute atomic E-state index is 0.0513. The number of rotatable bonds is 5. The molecule has 0 radical (unpaired) electrons. The Balaban J connectivity index is 1.25. The molecule has 3 aliphatic carbocycles. The van der Waals surface area contributed by atoms with E-state index in [1.54, 1.807) is 4.52 Å². The second kappa shape index (κ2) is 6.14. The third-order valence-corrected chi connectivity index (χ3v) is 8.12. The number of nitrogens with one attached hydrogen (secondary N) is 1. The summed E-state index contributed by atoms with van der Waals surface area (Å²) in [6, 6.07) is 12.1. The third-order valence-electron chi connectivity index (χ3n) is 8.12. The Kier molecular flexibility index (Phi) is 3.94. The zero-order valence-electron chi connectivity index (χ0n) is 17.9. The predicted molar refractivity (Wildman–Crippen MR) is 115 cm³/mol. The highest BCUT2D eigenvalue weighted by Gasteiger charge is 2.83. The van der Waals surface area contributed by atoms with Crippen molar-refractivity contribution in [1.29, 1.82) is 0 Å². The summed E-state index contributed by atoms with van der Waals surface area (Å²) in [5.41, 5.74) is 2.99. The van der Waals surface area contributed by atoms with Gasteiger partial charge in [0.05, 0.1) is 12.0 Å². The quantitative estimate of drug-likeness (QED) is 0.684. The van der Waals surface area contributed by atoms with Gasteiger partial charge in [-0.15, -0.1) is 0 Å². The maximum atomic E-state index is 12.8. The molecular weight excluding hydrogens is 376 g/mol. The van der Waals surface area contributed by atoms with Gasteiger partial charge in [0.1, 0.15) is 6.33 Å². The first kappa shape index (κ1) is 19.2. The molecule has 6 heteroatoms. The lowest BCUT2D eigenvalue weighted by molar-refractivity contribution is -0.345. The van der Waals surface area contributed by atoms with E-state index < -0.39 is 5.60 Å². The summed E-state index contributed by atoms with van der Waals surface area (Å²) in [4.78, 5) is 17.0. The van der Waals surface area contributed by atoms with Crippen LogP contribution in [0.2, 0.25) is 0 Å². The maximum Gasteiger partial charge on any atom is 0.224 e. The summed E-state index contributed by atoms with van der Waals surface area (Å²) in [6.45, 7) is 8.10. The molecule has 6 rings (SSSR count). The van der Waals surface area contributed by atoms with Crippen molar-refractivity contribution in [2.24, 2.45) is 17.3 Å². The molecule has 1 aromatic carbocycles. The monoisotopic (exact) mass is 404 g/mol. The van der Waals surface area contributed by atoms with Crippen molar-refractivity contribution in [3.05, 3.63) is 54.5 Å². The Morgan fingerprint density at radius 3 is 2.53 bits per heavy atom. The molecule has 6 nitrogen and oxygen atoms in total. The first-order valence-electron chi connectivity index (χ1n) is 10.6. The highest BCUT2D eigenvalue weighted by molar-refractivity contribution is 5.80. The Morgan fingerprint density at radius 1 is 1.20 bits per heavy atom. The largest absolute Gasteiger partial charge is 0.390 e. The van der Waals surface area contributed by atoms with Crippen LogP contribution in [0.15, 0.2) is 48.9 Å². The maximum absolute atomic E-state index is 12.8. The van der Waals surface area contributed by atoms with Gasteiger partial charge in [0.15, 0.2) is 5.65 Å². The molecule has 156 valence electrons. The van der Waals surface area contributed by atoms with E-state index in [1.807, 2.05) is 56.4 Å². The van der Waals surface area contributed by atoms with E-state index in [9.17, 15) is 9.90 Å². The van der Waals surface area contributed by atoms with Gasteiger partial charge in [0, 0.05) is 17.2 Å². The van der Waals surface area contributed by atoms with Crippen LogP contribution in [0.3, 0.4) is 0 Å². The molecule has 3 aliphatic rings.